The molecule has 0 saturated carbocycles. The van der Waals surface area contributed by atoms with Crippen LogP contribution in [0.3, 0.4) is 0 Å². The number of aliphatic hydroxyl groups is 1. The van der Waals surface area contributed by atoms with Crippen molar-refractivity contribution in [2.75, 3.05) is 39.8 Å². The lowest BCUT2D eigenvalue weighted by Gasteiger charge is -2.33. The van der Waals surface area contributed by atoms with Crippen molar-refractivity contribution < 1.29 is 81.6 Å². The predicted octanol–water partition coefficient (Wildman–Crippen LogP) is 9.99. The van der Waals surface area contributed by atoms with Gasteiger partial charge in [0, 0.05) is 52.6 Å². The number of piperidine rings is 1. The van der Waals surface area contributed by atoms with Gasteiger partial charge in [0.15, 0.2) is 11.5 Å². The summed E-state index contributed by atoms with van der Waals surface area (Å²) in [5.41, 5.74) is 5.59. The van der Waals surface area contributed by atoms with E-state index < -0.39 is 84.0 Å². The second-order valence-electron chi connectivity index (χ2n) is 25.7. The van der Waals surface area contributed by atoms with E-state index in [-0.39, 0.29) is 135 Å². The third-order valence-electron chi connectivity index (χ3n) is 17.5. The maximum absolute atomic E-state index is 14.9. The van der Waals surface area contributed by atoms with Crippen LogP contribution in [-0.2, 0) is 98.9 Å². The summed E-state index contributed by atoms with van der Waals surface area (Å²) in [6.45, 7) is -0.164. The summed E-state index contributed by atoms with van der Waals surface area (Å²) in [4.78, 5) is 139. The summed E-state index contributed by atoms with van der Waals surface area (Å²) < 4.78 is 29.0. The molecule has 1 saturated heterocycles. The first kappa shape index (κ1) is 81.0. The van der Waals surface area contributed by atoms with E-state index in [0.717, 1.165) is 32.2 Å². The number of amides is 9. The number of ether oxygens (including phenoxy) is 5. The van der Waals surface area contributed by atoms with Crippen molar-refractivity contribution in [2.45, 2.75) is 128 Å². The number of carbonyl (C=O) groups is 9. The minimum Gasteiger partial charge on any atom is -0.485 e. The summed E-state index contributed by atoms with van der Waals surface area (Å²) in [6, 6.07) is 63.4. The quantitative estimate of drug-likeness (QED) is 0.0106. The van der Waals surface area contributed by atoms with E-state index in [9.17, 15) is 48.3 Å². The zero-order valence-electron chi connectivity index (χ0n) is 60.8. The van der Waals surface area contributed by atoms with Gasteiger partial charge < -0.3 is 60.7 Å². The van der Waals surface area contributed by atoms with Gasteiger partial charge in [0.25, 0.3) is 5.91 Å². The van der Waals surface area contributed by atoms with E-state index >= 15 is 0 Å². The molecule has 1 heterocycles. The minimum atomic E-state index is -1.69. The molecule has 572 valence electrons. The van der Waals surface area contributed by atoms with Gasteiger partial charge in [-0.15, -0.1) is 0 Å². The van der Waals surface area contributed by atoms with Gasteiger partial charge in [-0.1, -0.05) is 218 Å². The van der Waals surface area contributed by atoms with Crippen molar-refractivity contribution in [3.05, 3.63) is 275 Å². The van der Waals surface area contributed by atoms with Crippen LogP contribution < -0.4 is 41.4 Å². The first-order valence-electron chi connectivity index (χ1n) is 36.2. The monoisotopic (exact) mass is 1490 g/mol. The Labute approximate surface area is 633 Å². The molecular formula is C83H93N9O17. The van der Waals surface area contributed by atoms with Crippen molar-refractivity contribution in [3.63, 3.8) is 0 Å². The van der Waals surface area contributed by atoms with Crippen LogP contribution in [0.25, 0.3) is 0 Å². The molecule has 9 amide bonds. The number of nitrogens with zero attached hydrogens (tertiary/aromatic N) is 3. The van der Waals surface area contributed by atoms with Crippen LogP contribution in [0.2, 0.25) is 0 Å². The average molecular weight is 1490 g/mol. The number of likely N-dealkylation sites (N-methyl/N-ethyl adjacent to an activating group) is 1. The zero-order valence-corrected chi connectivity index (χ0v) is 60.8. The first-order chi connectivity index (χ1) is 53.1. The van der Waals surface area contributed by atoms with E-state index in [4.69, 9.17) is 33.4 Å². The first-order valence-corrected chi connectivity index (χ1v) is 36.2. The molecule has 1 fully saturated rings. The summed E-state index contributed by atoms with van der Waals surface area (Å²) in [6.07, 6.45) is -4.09. The molecule has 0 bridgehead atoms. The van der Waals surface area contributed by atoms with Crippen molar-refractivity contribution in [3.8, 4) is 11.5 Å². The SMILES string of the molecule is CN(C(=O)OCc1ccccc1)[C@@H](CCCN(OCc1ccccc1)C(=O)CCNC(=O)CCNC(=O)[C@@H](NC(=O)OCc1ccccc1)[C@H](O)c1ccc(OCc2ccccc2)c(OCc2ccccc2)c1)C(=O)N[C@@H](CCCNC(=O)OCc1ccccc1)C(=O)N[C@H]1CCCN(OCc2ccccc2)C1=O. The van der Waals surface area contributed by atoms with Gasteiger partial charge in [0.05, 0.1) is 0 Å². The van der Waals surface area contributed by atoms with Crippen LogP contribution in [0, 0.1) is 0 Å². The van der Waals surface area contributed by atoms with Gasteiger partial charge in [0.2, 0.25) is 29.5 Å². The number of aliphatic hydroxyl groups excluding tert-OH is 1. The standard InChI is InChI=1S/C83H93N9O17/c1-90(83(102)107-57-64-34-17-6-18-35-64)70(78(97)87-68(40-23-47-86-81(100)105-55-62-30-13-4-14-31-62)77(96)88-69-41-24-51-92(80(69)99)109-59-66-38-21-8-22-39-66)42-25-50-91(108-58-65-36-19-7-20-37-65)74(94)46-49-84-73(93)45-48-85-79(98)75(89-82(101)106-56-63-32-15-5-16-33-63)76(95)67-43-44-71(103-53-60-26-9-2-10-27-60)72(52-67)104-54-61-28-11-3-12-29-61/h2-22,26-39,43-44,52,68-70,75-76,95H,23-25,40-42,45-51,53-59H2,1H3,(H,84,93)(H,85,98)(H,86,100)(H,87,97)(H,88,96)(H,89,101)/t68-,69-,70-,75-,76+/m0/s1. The molecular weight excluding hydrogens is 1390 g/mol. The normalized spacial score (nSPS) is 13.5. The number of rotatable bonds is 41. The highest BCUT2D eigenvalue weighted by Gasteiger charge is 2.37. The summed E-state index contributed by atoms with van der Waals surface area (Å²) in [5.74, 6) is -3.36. The highest BCUT2D eigenvalue weighted by molar-refractivity contribution is 5.94. The third-order valence-corrected chi connectivity index (χ3v) is 17.5. The molecule has 1 aliphatic heterocycles. The summed E-state index contributed by atoms with van der Waals surface area (Å²) in [7, 11) is 1.37. The lowest BCUT2D eigenvalue weighted by molar-refractivity contribution is -0.199. The Balaban J connectivity index is 0.845. The van der Waals surface area contributed by atoms with Gasteiger partial charge in [-0.2, -0.15) is 0 Å². The Hall–Kier alpha value is -12.1. The van der Waals surface area contributed by atoms with Gasteiger partial charge in [-0.05, 0) is 95.2 Å². The van der Waals surface area contributed by atoms with Crippen molar-refractivity contribution in [2.24, 2.45) is 0 Å². The fraction of sp³-hybridized carbons (Fsp3) is 0.313. The number of carbonyl (C=O) groups excluding carboxylic acids is 9. The predicted molar refractivity (Wildman–Crippen MR) is 402 cm³/mol. The second-order valence-corrected chi connectivity index (χ2v) is 25.7. The molecule has 0 radical (unpaired) electrons. The molecule has 26 heteroatoms. The molecule has 0 aromatic heterocycles. The van der Waals surface area contributed by atoms with Crippen LogP contribution >= 0.6 is 0 Å². The number of alkyl carbamates (subject to hydrolysis) is 2. The average Bonchev–Trinajstić information content (AvgIpc) is 0.827. The van der Waals surface area contributed by atoms with Gasteiger partial charge in [-0.3, -0.25) is 43.3 Å². The lowest BCUT2D eigenvalue weighted by atomic mass is 10.0. The lowest BCUT2D eigenvalue weighted by Crippen LogP contribution is -2.58. The molecule has 1 aliphatic rings. The van der Waals surface area contributed by atoms with Crippen molar-refractivity contribution >= 4 is 53.7 Å². The van der Waals surface area contributed by atoms with Crippen LogP contribution in [0.5, 0.6) is 11.5 Å². The molecule has 9 rings (SSSR count). The largest absolute Gasteiger partial charge is 0.485 e. The Kier molecular flexibility index (Phi) is 32.8. The van der Waals surface area contributed by atoms with Crippen molar-refractivity contribution in [1.82, 2.24) is 46.9 Å². The van der Waals surface area contributed by atoms with Crippen molar-refractivity contribution in [1.29, 1.82) is 0 Å². The van der Waals surface area contributed by atoms with Crippen LogP contribution in [0.15, 0.2) is 231 Å². The Morgan fingerprint density at radius 1 is 0.495 bits per heavy atom. The molecule has 109 heavy (non-hydrogen) atoms. The summed E-state index contributed by atoms with van der Waals surface area (Å²) in [5, 5.41) is 30.5. The summed E-state index contributed by atoms with van der Waals surface area (Å²) >= 11 is 0. The van der Waals surface area contributed by atoms with E-state index in [0.29, 0.717) is 28.9 Å². The molecule has 8 aromatic carbocycles. The van der Waals surface area contributed by atoms with Gasteiger partial charge in [0.1, 0.15) is 76.5 Å². The maximum Gasteiger partial charge on any atom is 0.410 e. The highest BCUT2D eigenvalue weighted by Crippen LogP contribution is 2.33. The second kappa shape index (κ2) is 44.1. The molecule has 7 N–H and O–H groups in total. The fourth-order valence-electron chi connectivity index (χ4n) is 11.5. The topological polar surface area (TPSA) is 320 Å². The van der Waals surface area contributed by atoms with Gasteiger partial charge >= 0.3 is 18.3 Å². The Morgan fingerprint density at radius 3 is 1.55 bits per heavy atom. The highest BCUT2D eigenvalue weighted by atomic mass is 16.7. The number of hydroxylamine groups is 4. The molecule has 0 unspecified atom stereocenters. The maximum atomic E-state index is 14.9. The van der Waals surface area contributed by atoms with Gasteiger partial charge in [-0.25, -0.2) is 24.5 Å². The number of benzene rings is 8. The zero-order chi connectivity index (χ0) is 76.8. The smallest absolute Gasteiger partial charge is 0.410 e. The van der Waals surface area contributed by atoms with Crippen LogP contribution in [-0.4, -0.2) is 138 Å². The fourth-order valence-corrected chi connectivity index (χ4v) is 11.5. The van der Waals surface area contributed by atoms with Crippen LogP contribution in [0.4, 0.5) is 14.4 Å². The van der Waals surface area contributed by atoms with Crippen LogP contribution in [0.1, 0.15) is 102 Å². The Morgan fingerprint density at radius 2 is 0.991 bits per heavy atom. The molecule has 5 atom stereocenters. The minimum absolute atomic E-state index is 0.0148. The van der Waals surface area contributed by atoms with E-state index in [1.165, 1.54) is 18.2 Å². The van der Waals surface area contributed by atoms with E-state index in [1.54, 1.807) is 91.0 Å². The molecule has 26 nitrogen and oxygen atoms in total. The number of nitrogens with one attached hydrogen (secondary N) is 6. The van der Waals surface area contributed by atoms with E-state index in [1.807, 2.05) is 133 Å². The third kappa shape index (κ3) is 27.6. The molecule has 8 aromatic rings. The van der Waals surface area contributed by atoms with E-state index in [2.05, 4.69) is 31.9 Å². The molecule has 0 aliphatic carbocycles. The number of hydrogen-bond donors (Lipinski definition) is 7. The number of hydrogen-bond acceptors (Lipinski definition) is 17. The molecule has 0 spiro atoms. The Bertz CT molecular complexity index is 4160.